The molecule has 1 atom stereocenters. The monoisotopic (exact) mass is 113 g/mol. The molecule has 0 bridgehead atoms. The van der Waals surface area contributed by atoms with Gasteiger partial charge in [0.1, 0.15) is 0 Å². The summed E-state index contributed by atoms with van der Waals surface area (Å²) >= 11 is 0. The second-order valence-corrected chi connectivity index (χ2v) is 2.41. The summed E-state index contributed by atoms with van der Waals surface area (Å²) in [5.41, 5.74) is 0. The highest BCUT2D eigenvalue weighted by Gasteiger charge is 1.96. The van der Waals surface area contributed by atoms with Gasteiger partial charge in [0.2, 0.25) is 0 Å². The predicted octanol–water partition coefficient (Wildman–Crippen LogP) is 3.04. The van der Waals surface area contributed by atoms with E-state index in [0.29, 0.717) is 0 Å². The molecule has 0 saturated heterocycles. The molecule has 0 nitrogen and oxygen atoms in total. The second-order valence-electron chi connectivity index (χ2n) is 2.41. The topological polar surface area (TPSA) is 0 Å². The van der Waals surface area contributed by atoms with E-state index < -0.39 is 0 Å². The fraction of sp³-hybridized carbons (Fsp3) is 0.875. The summed E-state index contributed by atoms with van der Waals surface area (Å²) in [5.74, 6) is 0.838. The molecule has 8 heavy (non-hydrogen) atoms. The van der Waals surface area contributed by atoms with Gasteiger partial charge < -0.3 is 0 Å². The van der Waals surface area contributed by atoms with E-state index in [1.54, 1.807) is 0 Å². The average molecular weight is 113 g/mol. The molecule has 0 fully saturated rings. The summed E-state index contributed by atoms with van der Waals surface area (Å²) in [6.45, 7) is 6.72. The molecule has 0 saturated carbocycles. The molecule has 0 rings (SSSR count). The Balaban J connectivity index is 2.92. The van der Waals surface area contributed by atoms with E-state index in [4.69, 9.17) is 0 Å². The summed E-state index contributed by atoms with van der Waals surface area (Å²) in [5, 5.41) is 0. The third-order valence-corrected chi connectivity index (χ3v) is 1.38. The minimum absolute atomic E-state index is 0.838. The van der Waals surface area contributed by atoms with Gasteiger partial charge in [-0.25, -0.2) is 0 Å². The predicted molar refractivity (Wildman–Crippen MR) is 38.7 cm³/mol. The van der Waals surface area contributed by atoms with Crippen LogP contribution in [0, 0.1) is 12.3 Å². The highest BCUT2D eigenvalue weighted by molar-refractivity contribution is 4.69. The Morgan fingerprint density at radius 3 is 2.38 bits per heavy atom. The molecule has 0 N–H and O–H groups in total. The van der Waals surface area contributed by atoms with Crippen LogP contribution in [-0.2, 0) is 0 Å². The van der Waals surface area contributed by atoms with Gasteiger partial charge in [-0.05, 0) is 12.3 Å². The molecule has 0 spiro atoms. The number of hydrogen-bond donors (Lipinski definition) is 0. The van der Waals surface area contributed by atoms with Crippen molar-refractivity contribution in [3.05, 3.63) is 6.42 Å². The van der Waals surface area contributed by atoms with Crippen molar-refractivity contribution in [1.29, 1.82) is 0 Å². The quantitative estimate of drug-likeness (QED) is 0.525. The Labute approximate surface area is 53.3 Å². The Morgan fingerprint density at radius 2 is 2.00 bits per heavy atom. The molecule has 0 aromatic heterocycles. The van der Waals surface area contributed by atoms with Crippen molar-refractivity contribution in [2.75, 3.05) is 0 Å². The molecule has 0 heterocycles. The molecule has 1 unspecified atom stereocenters. The van der Waals surface area contributed by atoms with E-state index in [0.717, 1.165) is 5.92 Å². The Kier molecular flexibility index (Phi) is 5.14. The first-order valence-corrected chi connectivity index (χ1v) is 3.64. The van der Waals surface area contributed by atoms with Crippen molar-refractivity contribution in [3.8, 4) is 0 Å². The molecule has 0 amide bonds. The fourth-order valence-electron chi connectivity index (χ4n) is 0.976. The molecular formula is C8H17. The highest BCUT2D eigenvalue weighted by atomic mass is 14.0. The fourth-order valence-corrected chi connectivity index (χ4v) is 0.976. The van der Waals surface area contributed by atoms with Crippen molar-refractivity contribution in [2.45, 2.75) is 40.0 Å². The smallest absolute Gasteiger partial charge is 0.0360 e. The lowest BCUT2D eigenvalue weighted by molar-refractivity contribution is 0.579. The first-order chi connectivity index (χ1) is 3.81. The van der Waals surface area contributed by atoms with E-state index in [1.807, 2.05) is 0 Å². The van der Waals surface area contributed by atoms with E-state index >= 15 is 0 Å². The zero-order valence-corrected chi connectivity index (χ0v) is 6.28. The van der Waals surface area contributed by atoms with Crippen LogP contribution in [0.2, 0.25) is 0 Å². The van der Waals surface area contributed by atoms with Crippen LogP contribution in [0.4, 0.5) is 0 Å². The molecule has 0 aromatic rings. The largest absolute Gasteiger partial charge is 0.0654 e. The van der Waals surface area contributed by atoms with Gasteiger partial charge in [-0.15, -0.1) is 0 Å². The van der Waals surface area contributed by atoms with Crippen LogP contribution in [-0.4, -0.2) is 0 Å². The average Bonchev–Trinajstić information content (AvgIpc) is 1.68. The lowest BCUT2D eigenvalue weighted by Crippen LogP contribution is -1.92. The van der Waals surface area contributed by atoms with Gasteiger partial charge in [0, 0.05) is 0 Å². The summed E-state index contributed by atoms with van der Waals surface area (Å²) in [7, 11) is 0. The number of rotatable bonds is 4. The van der Waals surface area contributed by atoms with Gasteiger partial charge in [-0.2, -0.15) is 0 Å². The van der Waals surface area contributed by atoms with Gasteiger partial charge in [0.05, 0.1) is 0 Å². The maximum atomic E-state index is 2.38. The van der Waals surface area contributed by atoms with Gasteiger partial charge >= 0.3 is 0 Å². The van der Waals surface area contributed by atoms with Gasteiger partial charge in [0.25, 0.3) is 0 Å². The maximum Gasteiger partial charge on any atom is -0.0360 e. The summed E-state index contributed by atoms with van der Waals surface area (Å²) in [4.78, 5) is 0. The Morgan fingerprint density at radius 1 is 1.38 bits per heavy atom. The highest BCUT2D eigenvalue weighted by Crippen LogP contribution is 2.09. The number of hydrogen-bond acceptors (Lipinski definition) is 0. The molecule has 1 radical (unpaired) electrons. The third kappa shape index (κ3) is 4.17. The van der Waals surface area contributed by atoms with Crippen molar-refractivity contribution in [2.24, 2.45) is 5.92 Å². The van der Waals surface area contributed by atoms with E-state index in [-0.39, 0.29) is 0 Å². The minimum atomic E-state index is 0.838. The second kappa shape index (κ2) is 5.14. The van der Waals surface area contributed by atoms with Gasteiger partial charge in [-0.1, -0.05) is 40.0 Å². The third-order valence-electron chi connectivity index (χ3n) is 1.38. The summed E-state index contributed by atoms with van der Waals surface area (Å²) in [6.07, 6.45) is 6.27. The van der Waals surface area contributed by atoms with Crippen LogP contribution in [0.25, 0.3) is 0 Å². The van der Waals surface area contributed by atoms with Crippen molar-refractivity contribution in [1.82, 2.24) is 0 Å². The first-order valence-electron chi connectivity index (χ1n) is 3.64. The Hall–Kier alpha value is 0. The summed E-state index contributed by atoms with van der Waals surface area (Å²) in [6, 6.07) is 0. The molecule has 0 aromatic carbocycles. The lowest BCUT2D eigenvalue weighted by atomic mass is 10.0. The first kappa shape index (κ1) is 8.00. The van der Waals surface area contributed by atoms with Gasteiger partial charge in [-0.3, -0.25) is 0 Å². The van der Waals surface area contributed by atoms with Crippen LogP contribution >= 0.6 is 0 Å². The van der Waals surface area contributed by atoms with Crippen LogP contribution in [0.15, 0.2) is 0 Å². The van der Waals surface area contributed by atoms with Crippen LogP contribution < -0.4 is 0 Å². The maximum absolute atomic E-state index is 2.38. The van der Waals surface area contributed by atoms with E-state index in [1.165, 1.54) is 19.3 Å². The molecule has 0 heteroatoms. The molecule has 0 aliphatic carbocycles. The molecule has 0 aliphatic rings. The zero-order valence-electron chi connectivity index (χ0n) is 6.28. The zero-order chi connectivity index (χ0) is 6.41. The van der Waals surface area contributed by atoms with Crippen LogP contribution in [0.3, 0.4) is 0 Å². The van der Waals surface area contributed by atoms with E-state index in [9.17, 15) is 0 Å². The standard InChI is InChI=1S/C8H17/c1-4-6-8(3)7-5-2/h6,8H,4-5,7H2,1-3H3. The molecule has 49 valence electrons. The Bertz CT molecular complexity index is 33.3. The normalized spacial score (nSPS) is 10.5. The van der Waals surface area contributed by atoms with Crippen LogP contribution in [0.1, 0.15) is 40.0 Å². The van der Waals surface area contributed by atoms with E-state index in [2.05, 4.69) is 27.2 Å². The van der Waals surface area contributed by atoms with Crippen molar-refractivity contribution >= 4 is 0 Å². The molecule has 0 aliphatic heterocycles. The minimum Gasteiger partial charge on any atom is -0.0654 e. The van der Waals surface area contributed by atoms with Crippen molar-refractivity contribution < 1.29 is 0 Å². The lowest BCUT2D eigenvalue weighted by Gasteiger charge is -2.05. The van der Waals surface area contributed by atoms with Crippen molar-refractivity contribution in [3.63, 3.8) is 0 Å². The molecular weight excluding hydrogens is 96.1 g/mol. The SMILES string of the molecule is CC[CH]C(C)CCC. The van der Waals surface area contributed by atoms with Crippen LogP contribution in [0.5, 0.6) is 0 Å². The summed E-state index contributed by atoms with van der Waals surface area (Å²) < 4.78 is 0. The van der Waals surface area contributed by atoms with Gasteiger partial charge in [0.15, 0.2) is 0 Å².